The van der Waals surface area contributed by atoms with Gasteiger partial charge >= 0.3 is 5.97 Å². The third kappa shape index (κ3) is 2.56. The van der Waals surface area contributed by atoms with Gasteiger partial charge in [-0.25, -0.2) is 9.18 Å². The van der Waals surface area contributed by atoms with Crippen molar-refractivity contribution in [2.24, 2.45) is 0 Å². The fourth-order valence-corrected chi connectivity index (χ4v) is 1.60. The maximum absolute atomic E-state index is 13.2. The minimum atomic E-state index is -0.755. The fraction of sp³-hybridized carbons (Fsp3) is 0.222. The molecule has 0 unspecified atom stereocenters. The molecule has 82 valence electrons. The highest BCUT2D eigenvalue weighted by molar-refractivity contribution is 7.80. The van der Waals surface area contributed by atoms with Gasteiger partial charge < -0.3 is 4.74 Å². The number of carbonyl (C=O) groups excluding carboxylic acids is 1. The summed E-state index contributed by atoms with van der Waals surface area (Å²) < 4.78 is 17.9. The van der Waals surface area contributed by atoms with E-state index in [1.807, 2.05) is 0 Å². The molecule has 15 heavy (non-hydrogen) atoms. The Morgan fingerprint density at radius 3 is 2.67 bits per heavy atom. The lowest BCUT2D eigenvalue weighted by Crippen LogP contribution is -2.06. The van der Waals surface area contributed by atoms with Crippen LogP contribution in [0.25, 0.3) is 0 Å². The number of hydrogen-bond donors (Lipinski definition) is 1. The van der Waals surface area contributed by atoms with E-state index >= 15 is 0 Å². The van der Waals surface area contributed by atoms with E-state index in [9.17, 15) is 9.18 Å². The number of benzene rings is 1. The van der Waals surface area contributed by atoms with Crippen LogP contribution in [-0.4, -0.2) is 12.6 Å². The van der Waals surface area contributed by atoms with E-state index < -0.39 is 11.8 Å². The van der Waals surface area contributed by atoms with Gasteiger partial charge in [0, 0.05) is 4.90 Å². The van der Waals surface area contributed by atoms with Crippen molar-refractivity contribution < 1.29 is 13.9 Å². The summed E-state index contributed by atoms with van der Waals surface area (Å²) in [5.74, 6) is -1.46. The molecule has 0 bridgehead atoms. The summed E-state index contributed by atoms with van der Waals surface area (Å²) in [6.07, 6.45) is 0. The number of ether oxygens (including phenoxy) is 1. The third-order valence-electron chi connectivity index (χ3n) is 1.63. The van der Waals surface area contributed by atoms with Crippen molar-refractivity contribution >= 4 is 41.8 Å². The topological polar surface area (TPSA) is 26.3 Å². The molecule has 0 saturated carbocycles. The molecule has 2 nitrogen and oxygen atoms in total. The summed E-state index contributed by atoms with van der Waals surface area (Å²) in [6, 6.07) is 0.933. The number of hydrogen-bond acceptors (Lipinski definition) is 3. The number of thiol groups is 1. The summed E-state index contributed by atoms with van der Waals surface area (Å²) in [6.45, 7) is 1.82. The third-order valence-corrected chi connectivity index (χ3v) is 3.10. The van der Waals surface area contributed by atoms with Gasteiger partial charge in [-0.2, -0.15) is 0 Å². The molecule has 0 saturated heterocycles. The number of esters is 1. The highest BCUT2D eigenvalue weighted by atomic mass is 35.5. The molecule has 0 aliphatic rings. The van der Waals surface area contributed by atoms with Gasteiger partial charge in [0.2, 0.25) is 0 Å². The minimum absolute atomic E-state index is 0.0109. The van der Waals surface area contributed by atoms with E-state index in [0.717, 1.165) is 6.07 Å². The summed E-state index contributed by atoms with van der Waals surface area (Å²) in [5.41, 5.74) is -0.0783. The molecule has 0 spiro atoms. The molecule has 1 aromatic carbocycles. The van der Waals surface area contributed by atoms with Crippen LogP contribution in [0.15, 0.2) is 11.0 Å². The van der Waals surface area contributed by atoms with E-state index in [4.69, 9.17) is 27.9 Å². The predicted octanol–water partition coefficient (Wildman–Crippen LogP) is 3.60. The standard InChI is InChI=1S/C9H7Cl2FO2S/c1-2-14-9(13)4-3-5(12)7(11)8(15)6(4)10/h3,15H,2H2,1H3. The van der Waals surface area contributed by atoms with Crippen LogP contribution in [-0.2, 0) is 4.74 Å². The SMILES string of the molecule is CCOC(=O)c1cc(F)c(Cl)c(S)c1Cl. The van der Waals surface area contributed by atoms with Gasteiger partial charge in [0.15, 0.2) is 0 Å². The zero-order valence-electron chi connectivity index (χ0n) is 7.68. The van der Waals surface area contributed by atoms with Gasteiger partial charge in [-0.15, -0.1) is 12.6 Å². The number of halogens is 3. The normalized spacial score (nSPS) is 10.2. The van der Waals surface area contributed by atoms with Crippen molar-refractivity contribution in [3.63, 3.8) is 0 Å². The molecule has 0 aliphatic carbocycles. The van der Waals surface area contributed by atoms with Gasteiger partial charge in [0.25, 0.3) is 0 Å². The summed E-state index contributed by atoms with van der Waals surface area (Å²) in [7, 11) is 0. The van der Waals surface area contributed by atoms with Crippen molar-refractivity contribution in [2.75, 3.05) is 6.61 Å². The molecular formula is C9H7Cl2FO2S. The second kappa shape index (κ2) is 5.05. The maximum atomic E-state index is 13.2. The van der Waals surface area contributed by atoms with Crippen LogP contribution in [0.5, 0.6) is 0 Å². The van der Waals surface area contributed by atoms with E-state index in [-0.39, 0.29) is 27.1 Å². The summed E-state index contributed by atoms with van der Waals surface area (Å²) in [5, 5.41) is -0.223. The second-order valence-corrected chi connectivity index (χ2v) is 3.81. The van der Waals surface area contributed by atoms with Crippen LogP contribution in [0, 0.1) is 5.82 Å². The molecule has 0 fully saturated rings. The van der Waals surface area contributed by atoms with Gasteiger partial charge in [-0.1, -0.05) is 23.2 Å². The summed E-state index contributed by atoms with van der Waals surface area (Å²) in [4.78, 5) is 11.4. The van der Waals surface area contributed by atoms with Crippen LogP contribution in [0.1, 0.15) is 17.3 Å². The van der Waals surface area contributed by atoms with Gasteiger partial charge in [0.1, 0.15) is 5.82 Å². The lowest BCUT2D eigenvalue weighted by molar-refractivity contribution is 0.0525. The van der Waals surface area contributed by atoms with Crippen LogP contribution >= 0.6 is 35.8 Å². The zero-order valence-corrected chi connectivity index (χ0v) is 10.1. The van der Waals surface area contributed by atoms with Gasteiger partial charge in [0.05, 0.1) is 22.2 Å². The second-order valence-electron chi connectivity index (χ2n) is 2.60. The molecule has 1 rings (SSSR count). The zero-order chi connectivity index (χ0) is 11.6. The molecule has 0 aliphatic heterocycles. The molecule has 0 aromatic heterocycles. The average molecular weight is 269 g/mol. The first-order valence-corrected chi connectivity index (χ1v) is 5.23. The smallest absolute Gasteiger partial charge is 0.339 e. The Hall–Kier alpha value is -0.450. The van der Waals surface area contributed by atoms with Gasteiger partial charge in [-0.3, -0.25) is 0 Å². The highest BCUT2D eigenvalue weighted by Crippen LogP contribution is 2.33. The molecular weight excluding hydrogens is 262 g/mol. The van der Waals surface area contributed by atoms with E-state index in [0.29, 0.717) is 0 Å². The van der Waals surface area contributed by atoms with Crippen LogP contribution in [0.4, 0.5) is 4.39 Å². The number of rotatable bonds is 2. The molecule has 0 radical (unpaired) electrons. The molecule has 0 heterocycles. The Labute approximate surface area is 102 Å². The molecule has 6 heteroatoms. The molecule has 0 N–H and O–H groups in total. The Balaban J connectivity index is 3.26. The van der Waals surface area contributed by atoms with Crippen LogP contribution in [0.2, 0.25) is 10.0 Å². The molecule has 0 amide bonds. The van der Waals surface area contributed by atoms with Crippen molar-refractivity contribution in [1.82, 2.24) is 0 Å². The monoisotopic (exact) mass is 268 g/mol. The van der Waals surface area contributed by atoms with Crippen molar-refractivity contribution in [1.29, 1.82) is 0 Å². The Morgan fingerprint density at radius 2 is 2.13 bits per heavy atom. The average Bonchev–Trinajstić information content (AvgIpc) is 2.20. The maximum Gasteiger partial charge on any atom is 0.339 e. The van der Waals surface area contributed by atoms with E-state index in [2.05, 4.69) is 12.6 Å². The van der Waals surface area contributed by atoms with E-state index in [1.54, 1.807) is 6.92 Å². The minimum Gasteiger partial charge on any atom is -0.462 e. The van der Waals surface area contributed by atoms with Crippen LogP contribution in [0.3, 0.4) is 0 Å². The lowest BCUT2D eigenvalue weighted by atomic mass is 10.2. The fourth-order valence-electron chi connectivity index (χ4n) is 0.948. The highest BCUT2D eigenvalue weighted by Gasteiger charge is 2.19. The van der Waals surface area contributed by atoms with Crippen molar-refractivity contribution in [2.45, 2.75) is 11.8 Å². The quantitative estimate of drug-likeness (QED) is 0.504. The largest absolute Gasteiger partial charge is 0.462 e. The predicted molar refractivity (Wildman–Crippen MR) is 59.6 cm³/mol. The van der Waals surface area contributed by atoms with E-state index in [1.165, 1.54) is 0 Å². The Bertz CT molecular complexity index is 410. The van der Waals surface area contributed by atoms with Gasteiger partial charge in [-0.05, 0) is 13.0 Å². The Kier molecular flexibility index (Phi) is 4.25. The first-order chi connectivity index (χ1) is 6.99. The van der Waals surface area contributed by atoms with Crippen molar-refractivity contribution in [3.8, 4) is 0 Å². The molecule has 0 atom stereocenters. The lowest BCUT2D eigenvalue weighted by Gasteiger charge is -2.07. The molecule has 1 aromatic rings. The van der Waals surface area contributed by atoms with Crippen molar-refractivity contribution in [3.05, 3.63) is 27.5 Å². The first-order valence-electron chi connectivity index (χ1n) is 4.02. The summed E-state index contributed by atoms with van der Waals surface area (Å²) >= 11 is 15.2. The Morgan fingerprint density at radius 1 is 1.53 bits per heavy atom. The first kappa shape index (κ1) is 12.6. The number of carbonyl (C=O) groups is 1. The van der Waals surface area contributed by atoms with Crippen LogP contribution < -0.4 is 0 Å².